The van der Waals surface area contributed by atoms with E-state index in [1.807, 2.05) is 12.1 Å². The lowest BCUT2D eigenvalue weighted by molar-refractivity contribution is -0.305. The van der Waals surface area contributed by atoms with Crippen LogP contribution in [0.3, 0.4) is 0 Å². The van der Waals surface area contributed by atoms with Crippen molar-refractivity contribution in [3.63, 3.8) is 0 Å². The molecule has 0 saturated carbocycles. The summed E-state index contributed by atoms with van der Waals surface area (Å²) < 4.78 is 15.1. The van der Waals surface area contributed by atoms with Crippen LogP contribution in [-0.4, -0.2) is 10.5 Å². The molecule has 20 heavy (non-hydrogen) atoms. The summed E-state index contributed by atoms with van der Waals surface area (Å²) in [5.41, 5.74) is 2.88. The Bertz CT molecular complexity index is 587. The van der Waals surface area contributed by atoms with Gasteiger partial charge in [0, 0.05) is 23.9 Å². The molecule has 0 spiro atoms. The topological polar surface area (TPSA) is 45.1 Å². The van der Waals surface area contributed by atoms with Gasteiger partial charge < -0.3 is 14.5 Å². The number of carboxylic acid groups (broad SMARTS) is 1. The number of benzene rings is 1. The summed E-state index contributed by atoms with van der Waals surface area (Å²) in [5, 5.41) is 10.6. The second-order valence-electron chi connectivity index (χ2n) is 4.74. The van der Waals surface area contributed by atoms with Crippen molar-refractivity contribution in [2.75, 3.05) is 0 Å². The van der Waals surface area contributed by atoms with Gasteiger partial charge in [-0.15, -0.1) is 0 Å². The quantitative estimate of drug-likeness (QED) is 0.812. The van der Waals surface area contributed by atoms with Gasteiger partial charge in [-0.05, 0) is 61.2 Å². The van der Waals surface area contributed by atoms with E-state index in [1.54, 1.807) is 12.1 Å². The molecule has 2 rings (SSSR count). The number of nitrogens with zero attached hydrogens (tertiary/aromatic N) is 1. The minimum absolute atomic E-state index is 0.0105. The van der Waals surface area contributed by atoms with E-state index in [4.69, 9.17) is 0 Å². The Kier molecular flexibility index (Phi) is 4.56. The minimum Gasteiger partial charge on any atom is -0.550 e. The van der Waals surface area contributed by atoms with Gasteiger partial charge in [-0.2, -0.15) is 0 Å². The summed E-state index contributed by atoms with van der Waals surface area (Å²) >= 11 is 0. The second kappa shape index (κ2) is 6.37. The molecular formula is C16H17FNO2-. The molecule has 4 heteroatoms. The fourth-order valence-electron chi connectivity index (χ4n) is 2.32. The van der Waals surface area contributed by atoms with Crippen molar-refractivity contribution in [3.8, 4) is 11.3 Å². The minimum atomic E-state index is -1.04. The molecule has 0 bridgehead atoms. The van der Waals surface area contributed by atoms with Crippen LogP contribution in [0.5, 0.6) is 0 Å². The molecule has 0 atom stereocenters. The van der Waals surface area contributed by atoms with Crippen molar-refractivity contribution in [2.45, 2.75) is 32.7 Å². The highest BCUT2D eigenvalue weighted by atomic mass is 19.1. The Balaban J connectivity index is 2.32. The summed E-state index contributed by atoms with van der Waals surface area (Å²) in [6.07, 6.45) is 1.40. The van der Waals surface area contributed by atoms with Crippen molar-refractivity contribution in [1.82, 2.24) is 4.57 Å². The smallest absolute Gasteiger partial charge is 0.123 e. The fourth-order valence-corrected chi connectivity index (χ4v) is 2.32. The molecule has 1 heterocycles. The first kappa shape index (κ1) is 14.3. The first-order valence-corrected chi connectivity index (χ1v) is 6.76. The molecule has 3 nitrogen and oxygen atoms in total. The molecule has 0 saturated heterocycles. The van der Waals surface area contributed by atoms with Gasteiger partial charge in [-0.1, -0.05) is 6.92 Å². The van der Waals surface area contributed by atoms with Gasteiger partial charge in [0.05, 0.1) is 0 Å². The highest BCUT2D eigenvalue weighted by Crippen LogP contribution is 2.24. The third-order valence-electron chi connectivity index (χ3n) is 3.24. The number of carbonyl (C=O) groups excluding carboxylic acids is 1. The zero-order chi connectivity index (χ0) is 14.5. The summed E-state index contributed by atoms with van der Waals surface area (Å²) in [7, 11) is 0. The molecule has 0 aliphatic carbocycles. The molecule has 0 radical (unpaired) electrons. The molecule has 106 valence electrons. The van der Waals surface area contributed by atoms with Gasteiger partial charge in [-0.25, -0.2) is 4.39 Å². The number of halogens is 1. The van der Waals surface area contributed by atoms with Crippen molar-refractivity contribution in [2.24, 2.45) is 0 Å². The second-order valence-corrected chi connectivity index (χ2v) is 4.74. The Morgan fingerprint density at radius 2 is 1.90 bits per heavy atom. The Labute approximate surface area is 117 Å². The van der Waals surface area contributed by atoms with E-state index < -0.39 is 5.97 Å². The number of rotatable bonds is 6. The third-order valence-corrected chi connectivity index (χ3v) is 3.24. The number of hydrogen-bond donors (Lipinski definition) is 0. The lowest BCUT2D eigenvalue weighted by Crippen LogP contribution is -2.22. The monoisotopic (exact) mass is 274 g/mol. The van der Waals surface area contributed by atoms with Gasteiger partial charge in [0.15, 0.2) is 0 Å². The number of hydrogen-bond acceptors (Lipinski definition) is 2. The van der Waals surface area contributed by atoms with Crippen LogP contribution in [-0.2, 0) is 17.8 Å². The molecule has 1 aromatic heterocycles. The summed E-state index contributed by atoms with van der Waals surface area (Å²) in [5.74, 6) is -1.31. The molecule has 0 unspecified atom stereocenters. The number of aliphatic carboxylic acids is 1. The Morgan fingerprint density at radius 1 is 1.20 bits per heavy atom. The van der Waals surface area contributed by atoms with Crippen LogP contribution in [0.4, 0.5) is 4.39 Å². The Hall–Kier alpha value is -2.10. The zero-order valence-electron chi connectivity index (χ0n) is 11.4. The van der Waals surface area contributed by atoms with Crippen molar-refractivity contribution in [1.29, 1.82) is 0 Å². The SMILES string of the molecule is CCCn1c(CCC(=O)[O-])ccc1-c1ccc(F)cc1. The van der Waals surface area contributed by atoms with Gasteiger partial charge in [0.1, 0.15) is 5.82 Å². The van der Waals surface area contributed by atoms with Gasteiger partial charge >= 0.3 is 0 Å². The predicted molar refractivity (Wildman–Crippen MR) is 73.4 cm³/mol. The molecule has 0 aliphatic heterocycles. The van der Waals surface area contributed by atoms with Crippen LogP contribution in [0.15, 0.2) is 36.4 Å². The largest absolute Gasteiger partial charge is 0.550 e. The molecule has 0 fully saturated rings. The maximum atomic E-state index is 13.0. The molecule has 0 amide bonds. The number of carboxylic acids is 1. The van der Waals surface area contributed by atoms with Crippen LogP contribution < -0.4 is 5.11 Å². The molecular weight excluding hydrogens is 257 g/mol. The third kappa shape index (κ3) is 3.26. The van der Waals surface area contributed by atoms with Crippen LogP contribution in [0, 0.1) is 5.82 Å². The first-order valence-electron chi connectivity index (χ1n) is 6.76. The molecule has 0 aliphatic rings. The van der Waals surface area contributed by atoms with E-state index in [2.05, 4.69) is 11.5 Å². The standard InChI is InChI=1S/C16H18FNO2/c1-2-11-18-14(8-10-16(19)20)7-9-15(18)12-3-5-13(17)6-4-12/h3-7,9H,2,8,10-11H2,1H3,(H,19,20)/p-1. The van der Waals surface area contributed by atoms with E-state index in [0.29, 0.717) is 6.42 Å². The number of aromatic nitrogens is 1. The molecule has 2 aromatic rings. The van der Waals surface area contributed by atoms with Crippen molar-refractivity contribution < 1.29 is 14.3 Å². The van der Waals surface area contributed by atoms with E-state index in [0.717, 1.165) is 29.9 Å². The van der Waals surface area contributed by atoms with E-state index >= 15 is 0 Å². The predicted octanol–water partition coefficient (Wildman–Crippen LogP) is 2.39. The average Bonchev–Trinajstić information content (AvgIpc) is 2.81. The van der Waals surface area contributed by atoms with E-state index in [1.165, 1.54) is 12.1 Å². The summed E-state index contributed by atoms with van der Waals surface area (Å²) in [4.78, 5) is 10.6. The van der Waals surface area contributed by atoms with Crippen molar-refractivity contribution in [3.05, 3.63) is 47.9 Å². The highest BCUT2D eigenvalue weighted by molar-refractivity contribution is 5.65. The van der Waals surface area contributed by atoms with Gasteiger partial charge in [0.2, 0.25) is 0 Å². The van der Waals surface area contributed by atoms with Crippen LogP contribution in [0.25, 0.3) is 11.3 Å². The van der Waals surface area contributed by atoms with E-state index in [-0.39, 0.29) is 12.2 Å². The maximum Gasteiger partial charge on any atom is 0.123 e. The normalized spacial score (nSPS) is 10.7. The van der Waals surface area contributed by atoms with Crippen LogP contribution in [0.2, 0.25) is 0 Å². The Morgan fingerprint density at radius 3 is 2.50 bits per heavy atom. The molecule has 0 N–H and O–H groups in total. The number of aryl methyl sites for hydroxylation is 1. The summed E-state index contributed by atoms with van der Waals surface area (Å²) in [6.45, 7) is 2.87. The molecule has 1 aromatic carbocycles. The highest BCUT2D eigenvalue weighted by Gasteiger charge is 2.09. The number of carbonyl (C=O) groups is 1. The van der Waals surface area contributed by atoms with Crippen LogP contribution >= 0.6 is 0 Å². The van der Waals surface area contributed by atoms with Crippen molar-refractivity contribution >= 4 is 5.97 Å². The lowest BCUT2D eigenvalue weighted by atomic mass is 10.1. The van der Waals surface area contributed by atoms with Gasteiger partial charge in [0.25, 0.3) is 0 Å². The first-order chi connectivity index (χ1) is 9.61. The van der Waals surface area contributed by atoms with E-state index in [9.17, 15) is 14.3 Å². The lowest BCUT2D eigenvalue weighted by Gasteiger charge is -2.13. The fraction of sp³-hybridized carbons (Fsp3) is 0.312. The van der Waals surface area contributed by atoms with Crippen LogP contribution in [0.1, 0.15) is 25.5 Å². The van der Waals surface area contributed by atoms with Gasteiger partial charge in [-0.3, -0.25) is 0 Å². The average molecular weight is 274 g/mol. The summed E-state index contributed by atoms with van der Waals surface area (Å²) in [6, 6.07) is 10.2. The maximum absolute atomic E-state index is 13.0. The zero-order valence-corrected chi connectivity index (χ0v) is 11.4.